The van der Waals surface area contributed by atoms with E-state index in [2.05, 4.69) is 42.1 Å². The predicted molar refractivity (Wildman–Crippen MR) is 65.5 cm³/mol. The fraction of sp³-hybridized carbons (Fsp3) is 0.750. The quantitative estimate of drug-likeness (QED) is 0.720. The highest BCUT2D eigenvalue weighted by atomic mass is 16.5. The zero-order chi connectivity index (χ0) is 12.0. The van der Waals surface area contributed by atoms with Gasteiger partial charge in [0.05, 0.1) is 12.3 Å². The van der Waals surface area contributed by atoms with Gasteiger partial charge in [0.1, 0.15) is 0 Å². The largest absolute Gasteiger partial charge is 0.383 e. The predicted octanol–water partition coefficient (Wildman–Crippen LogP) is 1.90. The van der Waals surface area contributed by atoms with Gasteiger partial charge >= 0.3 is 0 Å². The van der Waals surface area contributed by atoms with Crippen LogP contribution in [0.15, 0.2) is 6.20 Å². The summed E-state index contributed by atoms with van der Waals surface area (Å²) in [6.45, 7) is 8.92. The topological polar surface area (TPSA) is 39.1 Å². The summed E-state index contributed by atoms with van der Waals surface area (Å²) in [6, 6.07) is 0.478. The second kappa shape index (κ2) is 6.66. The Balaban J connectivity index is 2.50. The Hall–Kier alpha value is -0.870. The van der Waals surface area contributed by atoms with Crippen LogP contribution in [0.3, 0.4) is 0 Å². The lowest BCUT2D eigenvalue weighted by atomic mass is 10.2. The number of ether oxygens (including phenoxy) is 1. The first-order valence-electron chi connectivity index (χ1n) is 5.93. The number of nitrogens with one attached hydrogen (secondary N) is 1. The van der Waals surface area contributed by atoms with E-state index in [0.29, 0.717) is 6.04 Å². The minimum absolute atomic E-state index is 0.478. The Morgan fingerprint density at radius 1 is 1.56 bits per heavy atom. The van der Waals surface area contributed by atoms with E-state index < -0.39 is 0 Å². The van der Waals surface area contributed by atoms with Crippen LogP contribution in [0.4, 0.5) is 0 Å². The molecule has 0 aliphatic heterocycles. The van der Waals surface area contributed by atoms with Gasteiger partial charge in [0, 0.05) is 38.0 Å². The molecule has 0 saturated heterocycles. The molecule has 1 unspecified atom stereocenters. The zero-order valence-corrected chi connectivity index (χ0v) is 10.8. The maximum absolute atomic E-state index is 4.99. The fourth-order valence-corrected chi connectivity index (χ4v) is 1.50. The molecule has 16 heavy (non-hydrogen) atoms. The molecule has 0 saturated carbocycles. The van der Waals surface area contributed by atoms with Crippen LogP contribution in [0, 0.1) is 6.92 Å². The van der Waals surface area contributed by atoms with Crippen LogP contribution in [0.5, 0.6) is 0 Å². The first-order valence-corrected chi connectivity index (χ1v) is 5.93. The monoisotopic (exact) mass is 225 g/mol. The number of methoxy groups -OCH3 is 1. The van der Waals surface area contributed by atoms with E-state index >= 15 is 0 Å². The highest BCUT2D eigenvalue weighted by Crippen LogP contribution is 2.13. The summed E-state index contributed by atoms with van der Waals surface area (Å²) < 4.78 is 7.05. The van der Waals surface area contributed by atoms with Gasteiger partial charge in [0.25, 0.3) is 0 Å². The number of hydrogen-bond donors (Lipinski definition) is 1. The molecule has 1 N–H and O–H groups in total. The Morgan fingerprint density at radius 2 is 2.31 bits per heavy atom. The molecule has 0 bridgehead atoms. The second-order valence-corrected chi connectivity index (χ2v) is 4.15. The second-order valence-electron chi connectivity index (χ2n) is 4.15. The Morgan fingerprint density at radius 3 is 2.94 bits per heavy atom. The van der Waals surface area contributed by atoms with Crippen molar-refractivity contribution < 1.29 is 4.74 Å². The summed E-state index contributed by atoms with van der Waals surface area (Å²) in [6.07, 6.45) is 3.25. The summed E-state index contributed by atoms with van der Waals surface area (Å²) in [4.78, 5) is 0. The summed E-state index contributed by atoms with van der Waals surface area (Å²) in [7, 11) is 1.72. The lowest BCUT2D eigenvalue weighted by molar-refractivity contribution is 0.199. The average molecular weight is 225 g/mol. The number of aromatic nitrogens is 2. The van der Waals surface area contributed by atoms with E-state index in [0.717, 1.165) is 31.8 Å². The number of rotatable bonds is 7. The van der Waals surface area contributed by atoms with Crippen LogP contribution in [0.1, 0.15) is 37.6 Å². The van der Waals surface area contributed by atoms with E-state index in [1.165, 1.54) is 5.56 Å². The van der Waals surface area contributed by atoms with Crippen LogP contribution >= 0.6 is 0 Å². The van der Waals surface area contributed by atoms with Crippen molar-refractivity contribution in [3.05, 3.63) is 17.5 Å². The highest BCUT2D eigenvalue weighted by Gasteiger charge is 2.07. The maximum atomic E-state index is 4.99. The minimum atomic E-state index is 0.478. The molecule has 1 aromatic heterocycles. The molecule has 4 heteroatoms. The summed E-state index contributed by atoms with van der Waals surface area (Å²) in [5.41, 5.74) is 2.39. The van der Waals surface area contributed by atoms with Crippen LogP contribution < -0.4 is 5.32 Å². The van der Waals surface area contributed by atoms with Crippen molar-refractivity contribution in [2.45, 2.75) is 39.8 Å². The Kier molecular flexibility index (Phi) is 5.49. The molecule has 0 aliphatic carbocycles. The summed E-state index contributed by atoms with van der Waals surface area (Å²) in [5, 5.41) is 7.86. The molecule has 0 aromatic carbocycles. The van der Waals surface area contributed by atoms with Crippen molar-refractivity contribution in [2.75, 3.05) is 20.3 Å². The van der Waals surface area contributed by atoms with Crippen molar-refractivity contribution in [1.29, 1.82) is 0 Å². The van der Waals surface area contributed by atoms with Crippen LogP contribution in [-0.2, 0) is 11.3 Å². The number of hydrogen-bond acceptors (Lipinski definition) is 3. The van der Waals surface area contributed by atoms with E-state index in [4.69, 9.17) is 4.74 Å². The molecule has 1 heterocycles. The Bertz CT molecular complexity index is 309. The molecule has 1 atom stereocenters. The Labute approximate surface area is 98.0 Å². The summed E-state index contributed by atoms with van der Waals surface area (Å²) >= 11 is 0. The normalized spacial score (nSPS) is 13.0. The SMILES string of the molecule is CCC(C)n1cc(CNCCOC)c(C)n1. The van der Waals surface area contributed by atoms with Crippen molar-refractivity contribution in [3.63, 3.8) is 0 Å². The molecule has 0 amide bonds. The van der Waals surface area contributed by atoms with Gasteiger partial charge < -0.3 is 10.1 Å². The van der Waals surface area contributed by atoms with Gasteiger partial charge in [-0.15, -0.1) is 0 Å². The number of nitrogens with zero attached hydrogens (tertiary/aromatic N) is 2. The number of aryl methyl sites for hydroxylation is 1. The first-order chi connectivity index (χ1) is 7.69. The molecule has 0 spiro atoms. The minimum Gasteiger partial charge on any atom is -0.383 e. The van der Waals surface area contributed by atoms with E-state index in [1.54, 1.807) is 7.11 Å². The van der Waals surface area contributed by atoms with Gasteiger partial charge in [-0.2, -0.15) is 5.10 Å². The zero-order valence-electron chi connectivity index (χ0n) is 10.8. The van der Waals surface area contributed by atoms with Crippen molar-refractivity contribution in [2.24, 2.45) is 0 Å². The average Bonchev–Trinajstić information content (AvgIpc) is 2.65. The molecule has 0 fully saturated rings. The molecule has 92 valence electrons. The van der Waals surface area contributed by atoms with Gasteiger partial charge in [-0.05, 0) is 20.3 Å². The highest BCUT2D eigenvalue weighted by molar-refractivity contribution is 5.15. The van der Waals surface area contributed by atoms with E-state index in [-0.39, 0.29) is 0 Å². The third kappa shape index (κ3) is 3.61. The third-order valence-electron chi connectivity index (χ3n) is 2.86. The van der Waals surface area contributed by atoms with Gasteiger partial charge in [0.2, 0.25) is 0 Å². The maximum Gasteiger partial charge on any atom is 0.0638 e. The standard InChI is InChI=1S/C12H23N3O/c1-5-10(2)15-9-12(11(3)14-15)8-13-6-7-16-4/h9-10,13H,5-8H2,1-4H3. The van der Waals surface area contributed by atoms with Crippen LogP contribution in [0.25, 0.3) is 0 Å². The van der Waals surface area contributed by atoms with Gasteiger partial charge in [-0.1, -0.05) is 6.92 Å². The van der Waals surface area contributed by atoms with Crippen molar-refractivity contribution in [3.8, 4) is 0 Å². The van der Waals surface area contributed by atoms with Crippen molar-refractivity contribution >= 4 is 0 Å². The molecular formula is C12H23N3O. The van der Waals surface area contributed by atoms with Crippen LogP contribution in [-0.4, -0.2) is 30.0 Å². The van der Waals surface area contributed by atoms with E-state index in [1.807, 2.05) is 0 Å². The van der Waals surface area contributed by atoms with Gasteiger partial charge in [-0.25, -0.2) is 0 Å². The van der Waals surface area contributed by atoms with Crippen molar-refractivity contribution in [1.82, 2.24) is 15.1 Å². The lowest BCUT2D eigenvalue weighted by Crippen LogP contribution is -2.18. The molecule has 1 rings (SSSR count). The van der Waals surface area contributed by atoms with Crippen LogP contribution in [0.2, 0.25) is 0 Å². The molecule has 0 radical (unpaired) electrons. The molecular weight excluding hydrogens is 202 g/mol. The lowest BCUT2D eigenvalue weighted by Gasteiger charge is -2.07. The fourth-order valence-electron chi connectivity index (χ4n) is 1.50. The molecule has 4 nitrogen and oxygen atoms in total. The first kappa shape index (κ1) is 13.2. The van der Waals surface area contributed by atoms with Gasteiger partial charge in [-0.3, -0.25) is 4.68 Å². The van der Waals surface area contributed by atoms with E-state index in [9.17, 15) is 0 Å². The smallest absolute Gasteiger partial charge is 0.0638 e. The molecule has 1 aromatic rings. The van der Waals surface area contributed by atoms with Gasteiger partial charge in [0.15, 0.2) is 0 Å². The third-order valence-corrected chi connectivity index (χ3v) is 2.86. The summed E-state index contributed by atoms with van der Waals surface area (Å²) in [5.74, 6) is 0. The molecule has 0 aliphatic rings.